The number of ether oxygens (including phenoxy) is 1. The number of aliphatic hydroxyl groups is 1. The van der Waals surface area contributed by atoms with Crippen molar-refractivity contribution in [3.63, 3.8) is 0 Å². The van der Waals surface area contributed by atoms with Crippen LogP contribution in [0.2, 0.25) is 0 Å². The lowest BCUT2D eigenvalue weighted by atomic mass is 9.93. The number of methoxy groups -OCH3 is 1. The molecule has 0 spiro atoms. The number of aliphatic hydroxyl groups excluding tert-OH is 1. The van der Waals surface area contributed by atoms with Gasteiger partial charge in [0.2, 0.25) is 0 Å². The summed E-state index contributed by atoms with van der Waals surface area (Å²) in [5, 5.41) is 9.29. The van der Waals surface area contributed by atoms with Crippen molar-refractivity contribution < 1.29 is 14.6 Å². The number of rotatable bonds is 3. The van der Waals surface area contributed by atoms with E-state index in [4.69, 9.17) is 4.74 Å². The molecule has 4 heteroatoms. The fourth-order valence-electron chi connectivity index (χ4n) is 2.59. The van der Waals surface area contributed by atoms with Crippen LogP contribution in [0.25, 0.3) is 0 Å². The summed E-state index contributed by atoms with van der Waals surface area (Å²) in [6, 6.07) is 7.49. The van der Waals surface area contributed by atoms with Crippen LogP contribution in [-0.4, -0.2) is 42.2 Å². The number of carbonyl (C=O) groups is 1. The Balaban J connectivity index is 2.22. The minimum absolute atomic E-state index is 0.0110. The number of para-hydroxylation sites is 1. The first-order valence-electron chi connectivity index (χ1n) is 6.72. The fourth-order valence-corrected chi connectivity index (χ4v) is 2.59. The van der Waals surface area contributed by atoms with Gasteiger partial charge in [-0.15, -0.1) is 0 Å². The number of hydrogen-bond donors (Lipinski definition) is 1. The summed E-state index contributed by atoms with van der Waals surface area (Å²) >= 11 is 0. The van der Waals surface area contributed by atoms with E-state index in [-0.39, 0.29) is 24.5 Å². The lowest BCUT2D eigenvalue weighted by Crippen LogP contribution is -2.46. The van der Waals surface area contributed by atoms with Crippen molar-refractivity contribution in [3.05, 3.63) is 29.8 Å². The first-order chi connectivity index (χ1) is 9.17. The van der Waals surface area contributed by atoms with Gasteiger partial charge in [-0.3, -0.25) is 4.79 Å². The molecule has 0 saturated carbocycles. The standard InChI is InChI=1S/C15H21NO3/c1-11-7-8-12(10-17)9-16(11)15(18)13-5-3-4-6-14(13)19-2/h3-6,11-12,17H,7-10H2,1-2H3. The third-order valence-electron chi connectivity index (χ3n) is 3.84. The van der Waals surface area contributed by atoms with Crippen LogP contribution >= 0.6 is 0 Å². The molecule has 1 aromatic rings. The van der Waals surface area contributed by atoms with Crippen molar-refractivity contribution in [2.75, 3.05) is 20.3 Å². The Morgan fingerprint density at radius 2 is 2.16 bits per heavy atom. The Morgan fingerprint density at radius 3 is 2.84 bits per heavy atom. The number of piperidine rings is 1. The van der Waals surface area contributed by atoms with Gasteiger partial charge in [0, 0.05) is 19.2 Å². The van der Waals surface area contributed by atoms with E-state index < -0.39 is 0 Å². The van der Waals surface area contributed by atoms with Gasteiger partial charge in [-0.05, 0) is 37.8 Å². The number of carbonyl (C=O) groups excluding carboxylic acids is 1. The lowest BCUT2D eigenvalue weighted by molar-refractivity contribution is 0.0486. The molecule has 2 atom stereocenters. The van der Waals surface area contributed by atoms with Crippen molar-refractivity contribution in [2.24, 2.45) is 5.92 Å². The van der Waals surface area contributed by atoms with Gasteiger partial charge in [0.15, 0.2) is 0 Å². The van der Waals surface area contributed by atoms with E-state index in [0.717, 1.165) is 12.8 Å². The SMILES string of the molecule is COc1ccccc1C(=O)N1CC(CO)CCC1C. The second-order valence-electron chi connectivity index (χ2n) is 5.13. The molecule has 1 fully saturated rings. The normalized spacial score (nSPS) is 23.2. The Labute approximate surface area is 114 Å². The zero-order chi connectivity index (χ0) is 13.8. The van der Waals surface area contributed by atoms with Crippen molar-refractivity contribution in [1.29, 1.82) is 0 Å². The minimum atomic E-state index is -0.0110. The Hall–Kier alpha value is -1.55. The molecule has 19 heavy (non-hydrogen) atoms. The van der Waals surface area contributed by atoms with Gasteiger partial charge in [0.1, 0.15) is 5.75 Å². The highest BCUT2D eigenvalue weighted by Gasteiger charge is 2.30. The molecule has 2 unspecified atom stereocenters. The van der Waals surface area contributed by atoms with Crippen molar-refractivity contribution in [1.82, 2.24) is 4.90 Å². The van der Waals surface area contributed by atoms with Gasteiger partial charge < -0.3 is 14.7 Å². The smallest absolute Gasteiger partial charge is 0.257 e. The first kappa shape index (κ1) is 13.9. The summed E-state index contributed by atoms with van der Waals surface area (Å²) in [5.41, 5.74) is 0.593. The Bertz CT molecular complexity index is 447. The van der Waals surface area contributed by atoms with Gasteiger partial charge in [0.05, 0.1) is 12.7 Å². The lowest BCUT2D eigenvalue weighted by Gasteiger charge is -2.37. The monoisotopic (exact) mass is 263 g/mol. The fraction of sp³-hybridized carbons (Fsp3) is 0.533. The molecule has 1 amide bonds. The summed E-state index contributed by atoms with van der Waals surface area (Å²) in [6.07, 6.45) is 1.92. The van der Waals surface area contributed by atoms with Crippen molar-refractivity contribution in [3.8, 4) is 5.75 Å². The minimum Gasteiger partial charge on any atom is -0.496 e. The average Bonchev–Trinajstić information content (AvgIpc) is 2.47. The number of benzene rings is 1. The zero-order valence-corrected chi connectivity index (χ0v) is 11.5. The van der Waals surface area contributed by atoms with E-state index in [1.54, 1.807) is 19.2 Å². The number of nitrogens with zero attached hydrogens (tertiary/aromatic N) is 1. The topological polar surface area (TPSA) is 49.8 Å². The molecule has 0 aromatic heterocycles. The van der Waals surface area contributed by atoms with Gasteiger partial charge in [-0.2, -0.15) is 0 Å². The van der Waals surface area contributed by atoms with E-state index in [1.807, 2.05) is 17.0 Å². The summed E-state index contributed by atoms with van der Waals surface area (Å²) in [5.74, 6) is 0.781. The molecule has 1 aliphatic heterocycles. The highest BCUT2D eigenvalue weighted by molar-refractivity contribution is 5.97. The van der Waals surface area contributed by atoms with Crippen LogP contribution in [0.3, 0.4) is 0 Å². The molecule has 1 saturated heterocycles. The molecule has 104 valence electrons. The Morgan fingerprint density at radius 1 is 1.42 bits per heavy atom. The van der Waals surface area contributed by atoms with E-state index >= 15 is 0 Å². The molecule has 1 aromatic carbocycles. The maximum absolute atomic E-state index is 12.6. The predicted octanol–water partition coefficient (Wildman–Crippen LogP) is 1.93. The molecule has 1 heterocycles. The van der Waals surface area contributed by atoms with Crippen LogP contribution in [0.4, 0.5) is 0 Å². The maximum Gasteiger partial charge on any atom is 0.257 e. The van der Waals surface area contributed by atoms with Crippen molar-refractivity contribution in [2.45, 2.75) is 25.8 Å². The average molecular weight is 263 g/mol. The van der Waals surface area contributed by atoms with Crippen LogP contribution < -0.4 is 4.74 Å². The molecule has 0 radical (unpaired) electrons. The first-order valence-corrected chi connectivity index (χ1v) is 6.72. The number of hydrogen-bond acceptors (Lipinski definition) is 3. The van der Waals surface area contributed by atoms with E-state index in [2.05, 4.69) is 6.92 Å². The number of likely N-dealkylation sites (tertiary alicyclic amines) is 1. The molecule has 4 nitrogen and oxygen atoms in total. The number of amides is 1. The largest absolute Gasteiger partial charge is 0.496 e. The van der Waals surface area contributed by atoms with E-state index in [1.165, 1.54) is 0 Å². The van der Waals surface area contributed by atoms with Crippen molar-refractivity contribution >= 4 is 5.91 Å². The van der Waals surface area contributed by atoms with Gasteiger partial charge in [-0.25, -0.2) is 0 Å². The summed E-state index contributed by atoms with van der Waals surface area (Å²) < 4.78 is 5.25. The van der Waals surface area contributed by atoms with Gasteiger partial charge in [0.25, 0.3) is 5.91 Å². The zero-order valence-electron chi connectivity index (χ0n) is 11.5. The molecule has 2 rings (SSSR count). The van der Waals surface area contributed by atoms with Crippen LogP contribution in [0, 0.1) is 5.92 Å². The second kappa shape index (κ2) is 6.06. The highest BCUT2D eigenvalue weighted by Crippen LogP contribution is 2.26. The molecule has 0 bridgehead atoms. The van der Waals surface area contributed by atoms with E-state index in [0.29, 0.717) is 17.9 Å². The third kappa shape index (κ3) is 2.89. The second-order valence-corrected chi connectivity index (χ2v) is 5.13. The van der Waals surface area contributed by atoms with E-state index in [9.17, 15) is 9.90 Å². The van der Waals surface area contributed by atoms with Crippen LogP contribution in [0.15, 0.2) is 24.3 Å². The summed E-state index contributed by atoms with van der Waals surface area (Å²) in [7, 11) is 1.57. The highest BCUT2D eigenvalue weighted by atomic mass is 16.5. The molecule has 0 aliphatic carbocycles. The Kier molecular flexibility index (Phi) is 4.43. The molecular weight excluding hydrogens is 242 g/mol. The summed E-state index contributed by atoms with van der Waals surface area (Å²) in [6.45, 7) is 2.82. The van der Waals surface area contributed by atoms with Crippen LogP contribution in [0.5, 0.6) is 5.75 Å². The molecule has 1 N–H and O–H groups in total. The summed E-state index contributed by atoms with van der Waals surface area (Å²) in [4.78, 5) is 14.5. The maximum atomic E-state index is 12.6. The quantitative estimate of drug-likeness (QED) is 0.906. The van der Waals surface area contributed by atoms with Crippen LogP contribution in [-0.2, 0) is 0 Å². The molecule has 1 aliphatic rings. The predicted molar refractivity (Wildman–Crippen MR) is 73.3 cm³/mol. The molecular formula is C15H21NO3. The third-order valence-corrected chi connectivity index (χ3v) is 3.84. The van der Waals surface area contributed by atoms with Gasteiger partial charge in [-0.1, -0.05) is 12.1 Å². The van der Waals surface area contributed by atoms with Crippen LogP contribution in [0.1, 0.15) is 30.1 Å². The van der Waals surface area contributed by atoms with Gasteiger partial charge >= 0.3 is 0 Å².